The Morgan fingerprint density at radius 3 is 1.77 bits per heavy atom. The smallest absolute Gasteiger partial charge is 0.194 e. The quantitative estimate of drug-likeness (QED) is 0.486. The van der Waals surface area contributed by atoms with Crippen LogP contribution in [0.1, 0.15) is 40.2 Å². The van der Waals surface area contributed by atoms with Crippen LogP contribution in [0.3, 0.4) is 0 Å². The second-order valence-electron chi connectivity index (χ2n) is 9.78. The number of ether oxygens (including phenoxy) is 1. The second kappa shape index (κ2) is 8.60. The van der Waals surface area contributed by atoms with Crippen LogP contribution in [-0.4, -0.2) is 18.5 Å². The molecule has 1 atom stereocenters. The molecule has 1 aliphatic rings. The summed E-state index contributed by atoms with van der Waals surface area (Å²) in [6.45, 7) is 11.9. The summed E-state index contributed by atoms with van der Waals surface area (Å²) in [5, 5.41) is 4.08. The van der Waals surface area contributed by atoms with Gasteiger partial charge < -0.3 is 4.74 Å². The summed E-state index contributed by atoms with van der Waals surface area (Å²) in [7, 11) is -0.690. The fraction of sp³-hybridized carbons (Fsp3) is 0.321. The first-order valence-corrected chi connectivity index (χ1v) is 12.3. The lowest BCUT2D eigenvalue weighted by molar-refractivity contribution is 0.228. The monoisotopic (exact) mass is 429 g/mol. The molecule has 31 heavy (non-hydrogen) atoms. The predicted molar refractivity (Wildman–Crippen MR) is 135 cm³/mol. The van der Waals surface area contributed by atoms with Crippen molar-refractivity contribution in [1.29, 1.82) is 0 Å². The van der Waals surface area contributed by atoms with Crippen molar-refractivity contribution in [3.05, 3.63) is 90.5 Å². The molecule has 0 spiro atoms. The molecule has 0 aromatic heterocycles. The molecule has 3 aromatic rings. The molecule has 0 saturated heterocycles. The number of hydrogen-bond donors (Lipinski definition) is 0. The van der Waals surface area contributed by atoms with Crippen LogP contribution in [0.4, 0.5) is 0 Å². The molecule has 4 rings (SSSR count). The Balaban J connectivity index is 1.84. The highest BCUT2D eigenvalue weighted by molar-refractivity contribution is 7.79. The van der Waals surface area contributed by atoms with Crippen LogP contribution in [0.2, 0.25) is 0 Å². The van der Waals surface area contributed by atoms with Crippen molar-refractivity contribution >= 4 is 29.7 Å². The van der Waals surface area contributed by atoms with E-state index in [2.05, 4.69) is 120 Å². The molecule has 3 heteroatoms. The maximum absolute atomic E-state index is 6.21. The molecular formula is C28H32NOP. The zero-order valence-corrected chi connectivity index (χ0v) is 20.1. The van der Waals surface area contributed by atoms with E-state index in [0.717, 1.165) is 5.90 Å². The van der Waals surface area contributed by atoms with Gasteiger partial charge in [0.05, 0.1) is 11.5 Å². The van der Waals surface area contributed by atoms with E-state index in [9.17, 15) is 0 Å². The van der Waals surface area contributed by atoms with Gasteiger partial charge in [0.2, 0.25) is 0 Å². The minimum Gasteiger partial charge on any atom is -0.478 e. The summed E-state index contributed by atoms with van der Waals surface area (Å²) < 4.78 is 6.21. The van der Waals surface area contributed by atoms with Gasteiger partial charge in [-0.3, -0.25) is 0 Å². The zero-order valence-electron chi connectivity index (χ0n) is 19.2. The Labute approximate surface area is 188 Å². The summed E-state index contributed by atoms with van der Waals surface area (Å²) in [6.07, 6.45) is 0. The molecule has 0 unspecified atom stereocenters. The zero-order chi connectivity index (χ0) is 22.1. The number of nitrogens with zero attached hydrogens (tertiary/aromatic N) is 1. The number of rotatable bonds is 5. The van der Waals surface area contributed by atoms with Crippen LogP contribution in [0, 0.1) is 5.41 Å². The van der Waals surface area contributed by atoms with Gasteiger partial charge in [-0.25, -0.2) is 4.99 Å². The normalized spacial score (nSPS) is 16.8. The molecule has 1 aliphatic heterocycles. The Morgan fingerprint density at radius 1 is 0.742 bits per heavy atom. The Hall–Kier alpha value is -2.44. The lowest BCUT2D eigenvalue weighted by Crippen LogP contribution is -2.36. The maximum Gasteiger partial charge on any atom is 0.194 e. The van der Waals surface area contributed by atoms with E-state index in [1.165, 1.54) is 21.5 Å². The molecule has 2 nitrogen and oxygen atoms in total. The average Bonchev–Trinajstić information content (AvgIpc) is 3.28. The van der Waals surface area contributed by atoms with Gasteiger partial charge in [-0.05, 0) is 48.7 Å². The summed E-state index contributed by atoms with van der Waals surface area (Å²) >= 11 is 0. The topological polar surface area (TPSA) is 21.6 Å². The van der Waals surface area contributed by atoms with Crippen molar-refractivity contribution in [3.8, 4) is 0 Å². The van der Waals surface area contributed by atoms with E-state index in [-0.39, 0.29) is 16.9 Å². The first-order chi connectivity index (χ1) is 14.8. The average molecular weight is 430 g/mol. The van der Waals surface area contributed by atoms with Crippen molar-refractivity contribution in [2.45, 2.75) is 46.1 Å². The van der Waals surface area contributed by atoms with Crippen molar-refractivity contribution in [2.75, 3.05) is 6.61 Å². The third-order valence-electron chi connectivity index (χ3n) is 6.03. The van der Waals surface area contributed by atoms with E-state index >= 15 is 0 Å². The van der Waals surface area contributed by atoms with Gasteiger partial charge in [0.15, 0.2) is 5.90 Å². The first-order valence-electron chi connectivity index (χ1n) is 11.0. The molecule has 0 saturated carbocycles. The standard InChI is InChI=1S/C28H32NOP/c1-27(2,3)25-20-30-26(29-25)28(4,5)23-18-12-13-19-24(23)31(21-14-8-6-9-15-21)22-16-10-7-11-17-22/h6-19,25H,20H2,1-5H3/t25-/m1/s1. The molecule has 0 bridgehead atoms. The molecule has 160 valence electrons. The minimum atomic E-state index is -0.690. The van der Waals surface area contributed by atoms with Crippen LogP contribution in [0.5, 0.6) is 0 Å². The van der Waals surface area contributed by atoms with Crippen LogP contribution >= 0.6 is 7.92 Å². The van der Waals surface area contributed by atoms with Crippen LogP contribution < -0.4 is 15.9 Å². The third-order valence-corrected chi connectivity index (χ3v) is 8.53. The van der Waals surface area contributed by atoms with Crippen LogP contribution in [0.15, 0.2) is 89.9 Å². The molecule has 0 radical (unpaired) electrons. The highest BCUT2D eigenvalue weighted by Crippen LogP contribution is 2.39. The second-order valence-corrected chi connectivity index (χ2v) is 12.0. The van der Waals surface area contributed by atoms with Crippen molar-refractivity contribution < 1.29 is 4.74 Å². The largest absolute Gasteiger partial charge is 0.478 e. The fourth-order valence-electron chi connectivity index (χ4n) is 4.05. The predicted octanol–water partition coefficient (Wildman–Crippen LogP) is 5.57. The number of hydrogen-bond acceptors (Lipinski definition) is 2. The van der Waals surface area contributed by atoms with Gasteiger partial charge in [-0.1, -0.05) is 106 Å². The third kappa shape index (κ3) is 4.46. The van der Waals surface area contributed by atoms with E-state index in [4.69, 9.17) is 9.73 Å². The van der Waals surface area contributed by atoms with E-state index in [1.807, 2.05) is 0 Å². The lowest BCUT2D eigenvalue weighted by Gasteiger charge is -2.30. The van der Waals surface area contributed by atoms with Gasteiger partial charge in [0.1, 0.15) is 6.61 Å². The van der Waals surface area contributed by atoms with Crippen LogP contribution in [0.25, 0.3) is 0 Å². The Morgan fingerprint density at radius 2 is 1.26 bits per heavy atom. The molecule has 0 N–H and O–H groups in total. The van der Waals surface area contributed by atoms with Gasteiger partial charge in [-0.2, -0.15) is 0 Å². The summed E-state index contributed by atoms with van der Waals surface area (Å²) in [5.74, 6) is 0.857. The minimum absolute atomic E-state index is 0.0953. The van der Waals surface area contributed by atoms with Gasteiger partial charge in [0, 0.05) is 0 Å². The molecular weight excluding hydrogens is 397 g/mol. The van der Waals surface area contributed by atoms with Gasteiger partial charge in [0.25, 0.3) is 0 Å². The summed E-state index contributed by atoms with van der Waals surface area (Å²) in [6, 6.07) is 30.8. The van der Waals surface area contributed by atoms with Crippen molar-refractivity contribution in [2.24, 2.45) is 10.4 Å². The maximum atomic E-state index is 6.21. The van der Waals surface area contributed by atoms with Crippen LogP contribution in [-0.2, 0) is 10.2 Å². The Kier molecular flexibility index (Phi) is 6.04. The fourth-order valence-corrected chi connectivity index (χ4v) is 6.68. The molecule has 1 heterocycles. The first kappa shape index (κ1) is 21.8. The highest BCUT2D eigenvalue weighted by atomic mass is 31.1. The molecule has 3 aromatic carbocycles. The highest BCUT2D eigenvalue weighted by Gasteiger charge is 2.39. The molecule has 0 fully saturated rings. The Bertz CT molecular complexity index is 1010. The van der Waals surface area contributed by atoms with E-state index in [0.29, 0.717) is 6.61 Å². The number of aliphatic imine (C=N–C) groups is 1. The van der Waals surface area contributed by atoms with Crippen molar-refractivity contribution in [1.82, 2.24) is 0 Å². The summed E-state index contributed by atoms with van der Waals surface area (Å²) in [5.41, 5.74) is 1.08. The lowest BCUT2D eigenvalue weighted by atomic mass is 9.84. The molecule has 0 amide bonds. The van der Waals surface area contributed by atoms with Gasteiger partial charge in [-0.15, -0.1) is 0 Å². The van der Waals surface area contributed by atoms with Gasteiger partial charge >= 0.3 is 0 Å². The SMILES string of the molecule is CC(C)(C1=N[C@@H](C(C)(C)C)CO1)c1ccccc1P(c1ccccc1)c1ccccc1. The van der Waals surface area contributed by atoms with Crippen molar-refractivity contribution in [3.63, 3.8) is 0 Å². The van der Waals surface area contributed by atoms with E-state index in [1.54, 1.807) is 0 Å². The summed E-state index contributed by atoms with van der Waals surface area (Å²) in [4.78, 5) is 5.05. The molecule has 0 aliphatic carbocycles. The number of benzene rings is 3. The van der Waals surface area contributed by atoms with E-state index < -0.39 is 7.92 Å².